The molecule has 0 rings (SSSR count). The Morgan fingerprint density at radius 3 is 1.88 bits per heavy atom. The molecule has 0 aliphatic heterocycles. The lowest BCUT2D eigenvalue weighted by atomic mass is 10.1. The van der Waals surface area contributed by atoms with Crippen LogP contribution in [0.4, 0.5) is 0 Å². The van der Waals surface area contributed by atoms with Crippen LogP contribution in [0.25, 0.3) is 0 Å². The van der Waals surface area contributed by atoms with Crippen molar-refractivity contribution in [2.45, 2.75) is 76.0 Å². The van der Waals surface area contributed by atoms with E-state index in [2.05, 4.69) is 22.9 Å². The third-order valence-corrected chi connectivity index (χ3v) is 3.20. The van der Waals surface area contributed by atoms with Crippen molar-refractivity contribution >= 4 is 21.9 Å². The fourth-order valence-electron chi connectivity index (χ4n) is 1.76. The number of alkyl halides is 1. The average Bonchev–Trinajstić information content (AvgIpc) is 2.20. The lowest BCUT2D eigenvalue weighted by Crippen LogP contribution is -1.93. The summed E-state index contributed by atoms with van der Waals surface area (Å²) in [6.45, 7) is 2.20. The van der Waals surface area contributed by atoms with Crippen LogP contribution >= 0.6 is 15.9 Å². The van der Waals surface area contributed by atoms with Gasteiger partial charge in [0, 0.05) is 11.2 Å². The van der Waals surface area contributed by atoms with E-state index in [0.717, 1.165) is 12.8 Å². The van der Waals surface area contributed by atoms with Gasteiger partial charge in [-0.3, -0.25) is 4.79 Å². The Morgan fingerprint density at radius 1 is 1.00 bits per heavy atom. The first-order valence-corrected chi connectivity index (χ1v) is 7.40. The number of unbranched alkanes of at least 4 members (excludes halogenated alkanes) is 7. The van der Waals surface area contributed by atoms with Crippen LogP contribution in [0.5, 0.6) is 0 Å². The van der Waals surface area contributed by atoms with Crippen molar-refractivity contribution < 1.29 is 9.90 Å². The van der Waals surface area contributed by atoms with Crippen molar-refractivity contribution in [1.29, 1.82) is 0 Å². The minimum absolute atomic E-state index is 0.336. The summed E-state index contributed by atoms with van der Waals surface area (Å²) in [4.78, 5) is 10.9. The summed E-state index contributed by atoms with van der Waals surface area (Å²) in [7, 11) is 0. The monoisotopic (exact) mass is 292 g/mol. The van der Waals surface area contributed by atoms with E-state index in [9.17, 15) is 4.79 Å². The van der Waals surface area contributed by atoms with Gasteiger partial charge in [0.1, 0.15) is 0 Å². The van der Waals surface area contributed by atoms with Gasteiger partial charge < -0.3 is 5.11 Å². The first-order chi connectivity index (χ1) is 7.63. The quantitative estimate of drug-likeness (QED) is 0.440. The van der Waals surface area contributed by atoms with Crippen molar-refractivity contribution in [3.05, 3.63) is 0 Å². The lowest BCUT2D eigenvalue weighted by Gasteiger charge is -2.03. The van der Waals surface area contributed by atoms with Gasteiger partial charge in [0.05, 0.1) is 0 Å². The van der Waals surface area contributed by atoms with E-state index in [0.29, 0.717) is 11.2 Å². The standard InChI is InChI=1S/C13H25BrO2/c1-12(14)10-8-6-4-2-3-5-7-9-11-13(15)16/h12H,2-11H2,1H3,(H,15,16). The first-order valence-electron chi connectivity index (χ1n) is 6.49. The van der Waals surface area contributed by atoms with Gasteiger partial charge in [-0.25, -0.2) is 0 Å². The molecular formula is C13H25BrO2. The topological polar surface area (TPSA) is 37.3 Å². The molecule has 0 aromatic heterocycles. The molecule has 0 radical (unpaired) electrons. The van der Waals surface area contributed by atoms with Gasteiger partial charge in [0.25, 0.3) is 0 Å². The Hall–Kier alpha value is -0.0500. The Bertz CT molecular complexity index is 169. The highest BCUT2D eigenvalue weighted by molar-refractivity contribution is 9.09. The molecule has 1 N–H and O–H groups in total. The summed E-state index contributed by atoms with van der Waals surface area (Å²) in [6, 6.07) is 0. The van der Waals surface area contributed by atoms with Gasteiger partial charge in [-0.15, -0.1) is 0 Å². The second kappa shape index (κ2) is 11.4. The van der Waals surface area contributed by atoms with Gasteiger partial charge in [0.15, 0.2) is 0 Å². The predicted octanol–water partition coefficient (Wildman–Crippen LogP) is 4.76. The Labute approximate surface area is 108 Å². The van der Waals surface area contributed by atoms with Gasteiger partial charge in [0.2, 0.25) is 0 Å². The van der Waals surface area contributed by atoms with E-state index in [1.54, 1.807) is 0 Å². The van der Waals surface area contributed by atoms with Crippen LogP contribution in [0.2, 0.25) is 0 Å². The van der Waals surface area contributed by atoms with Crippen LogP contribution < -0.4 is 0 Å². The van der Waals surface area contributed by atoms with E-state index in [1.807, 2.05) is 0 Å². The zero-order valence-corrected chi connectivity index (χ0v) is 12.0. The number of carboxylic acid groups (broad SMARTS) is 1. The number of hydrogen-bond acceptors (Lipinski definition) is 1. The van der Waals surface area contributed by atoms with Crippen LogP contribution in [0.1, 0.15) is 71.1 Å². The molecule has 0 aromatic carbocycles. The Morgan fingerprint density at radius 2 is 1.44 bits per heavy atom. The molecule has 3 heteroatoms. The molecular weight excluding hydrogens is 268 g/mol. The highest BCUT2D eigenvalue weighted by atomic mass is 79.9. The maximum Gasteiger partial charge on any atom is 0.303 e. The van der Waals surface area contributed by atoms with Gasteiger partial charge in [-0.05, 0) is 12.8 Å². The maximum atomic E-state index is 10.3. The summed E-state index contributed by atoms with van der Waals surface area (Å²) >= 11 is 3.55. The van der Waals surface area contributed by atoms with E-state index in [-0.39, 0.29) is 0 Å². The molecule has 0 aliphatic rings. The normalized spacial score (nSPS) is 12.6. The van der Waals surface area contributed by atoms with Crippen LogP contribution in [0, 0.1) is 0 Å². The molecule has 96 valence electrons. The zero-order valence-electron chi connectivity index (χ0n) is 10.4. The van der Waals surface area contributed by atoms with Gasteiger partial charge in [-0.1, -0.05) is 67.8 Å². The molecule has 0 bridgehead atoms. The summed E-state index contributed by atoms with van der Waals surface area (Å²) in [5.41, 5.74) is 0. The van der Waals surface area contributed by atoms with Crippen molar-refractivity contribution in [3.8, 4) is 0 Å². The van der Waals surface area contributed by atoms with E-state index < -0.39 is 5.97 Å². The molecule has 1 unspecified atom stereocenters. The fourth-order valence-corrected chi connectivity index (χ4v) is 2.09. The Kier molecular flexibility index (Phi) is 11.4. The molecule has 0 fully saturated rings. The average molecular weight is 293 g/mol. The van der Waals surface area contributed by atoms with Crippen molar-refractivity contribution in [3.63, 3.8) is 0 Å². The number of carboxylic acids is 1. The molecule has 0 aliphatic carbocycles. The van der Waals surface area contributed by atoms with E-state index >= 15 is 0 Å². The van der Waals surface area contributed by atoms with E-state index in [1.165, 1.54) is 44.9 Å². The van der Waals surface area contributed by atoms with Gasteiger partial charge >= 0.3 is 5.97 Å². The van der Waals surface area contributed by atoms with Crippen LogP contribution in [-0.4, -0.2) is 15.9 Å². The maximum absolute atomic E-state index is 10.3. The summed E-state index contributed by atoms with van der Waals surface area (Å²) in [6.07, 6.45) is 11.3. The summed E-state index contributed by atoms with van der Waals surface area (Å²) < 4.78 is 0. The number of rotatable bonds is 11. The van der Waals surface area contributed by atoms with Gasteiger partial charge in [-0.2, -0.15) is 0 Å². The minimum Gasteiger partial charge on any atom is -0.481 e. The third-order valence-electron chi connectivity index (χ3n) is 2.74. The van der Waals surface area contributed by atoms with E-state index in [4.69, 9.17) is 5.11 Å². The van der Waals surface area contributed by atoms with Crippen LogP contribution in [-0.2, 0) is 4.79 Å². The number of halogens is 1. The molecule has 1 atom stereocenters. The number of hydrogen-bond donors (Lipinski definition) is 1. The molecule has 0 saturated carbocycles. The second-order valence-corrected chi connectivity index (χ2v) is 6.10. The van der Waals surface area contributed by atoms with Crippen LogP contribution in [0.15, 0.2) is 0 Å². The smallest absolute Gasteiger partial charge is 0.303 e. The van der Waals surface area contributed by atoms with Crippen LogP contribution in [0.3, 0.4) is 0 Å². The number of aliphatic carboxylic acids is 1. The summed E-state index contributed by atoms with van der Waals surface area (Å²) in [5, 5.41) is 8.45. The molecule has 0 spiro atoms. The van der Waals surface area contributed by atoms with Crippen molar-refractivity contribution in [1.82, 2.24) is 0 Å². The SMILES string of the molecule is CC(Br)CCCCCCCCCCC(=O)O. The molecule has 0 aromatic rings. The largest absolute Gasteiger partial charge is 0.481 e. The summed E-state index contributed by atoms with van der Waals surface area (Å²) in [5.74, 6) is -0.663. The van der Waals surface area contributed by atoms with Crippen molar-refractivity contribution in [2.75, 3.05) is 0 Å². The van der Waals surface area contributed by atoms with Crippen molar-refractivity contribution in [2.24, 2.45) is 0 Å². The highest BCUT2D eigenvalue weighted by Crippen LogP contribution is 2.13. The molecule has 2 nitrogen and oxygen atoms in total. The fraction of sp³-hybridized carbons (Fsp3) is 0.923. The first kappa shape index (κ1) is 16.0. The molecule has 16 heavy (non-hydrogen) atoms. The Balaban J connectivity index is 2.96. The molecule has 0 saturated heterocycles. The molecule has 0 heterocycles. The third kappa shape index (κ3) is 13.9. The lowest BCUT2D eigenvalue weighted by molar-refractivity contribution is -0.137. The second-order valence-electron chi connectivity index (χ2n) is 4.54. The molecule has 0 amide bonds. The number of carbonyl (C=O) groups is 1. The minimum atomic E-state index is -0.663. The predicted molar refractivity (Wildman–Crippen MR) is 72.2 cm³/mol. The zero-order chi connectivity index (χ0) is 12.2. The highest BCUT2D eigenvalue weighted by Gasteiger charge is 1.97.